The zero-order chi connectivity index (χ0) is 15.8. The molecule has 0 bridgehead atoms. The highest BCUT2D eigenvalue weighted by Gasteiger charge is 2.26. The van der Waals surface area contributed by atoms with Crippen molar-refractivity contribution in [3.63, 3.8) is 0 Å². The third kappa shape index (κ3) is 3.70. The van der Waals surface area contributed by atoms with Crippen LogP contribution in [0.4, 0.5) is 0 Å². The molecule has 0 N–H and O–H groups in total. The second-order valence-corrected chi connectivity index (χ2v) is 9.00. The van der Waals surface area contributed by atoms with Gasteiger partial charge in [-0.1, -0.05) is 52.2 Å². The van der Waals surface area contributed by atoms with Crippen LogP contribution in [0.25, 0.3) is 0 Å². The van der Waals surface area contributed by atoms with Crippen molar-refractivity contribution in [2.45, 2.75) is 17.7 Å². The van der Waals surface area contributed by atoms with Crippen LogP contribution < -0.4 is 0 Å². The van der Waals surface area contributed by atoms with Gasteiger partial charge in [0.1, 0.15) is 0 Å². The van der Waals surface area contributed by atoms with Crippen LogP contribution >= 0.6 is 46.1 Å². The van der Waals surface area contributed by atoms with E-state index < -0.39 is 10.0 Å². The van der Waals surface area contributed by atoms with Crippen molar-refractivity contribution in [2.75, 3.05) is 7.05 Å². The summed E-state index contributed by atoms with van der Waals surface area (Å²) >= 11 is 18.6. The van der Waals surface area contributed by atoms with Crippen molar-refractivity contribution in [1.29, 1.82) is 0 Å². The third-order valence-electron chi connectivity index (χ3n) is 2.78. The van der Waals surface area contributed by atoms with E-state index >= 15 is 0 Å². The van der Waals surface area contributed by atoms with E-state index in [-0.39, 0.29) is 15.2 Å². The summed E-state index contributed by atoms with van der Waals surface area (Å²) < 4.78 is 26.6. The fraction of sp³-hybridized carbons (Fsp3) is 0.250. The van der Waals surface area contributed by atoms with Crippen LogP contribution in [-0.4, -0.2) is 24.8 Å². The van der Waals surface area contributed by atoms with Gasteiger partial charge in [-0.3, -0.25) is 0 Å². The molecule has 1 aromatic carbocycles. The van der Waals surface area contributed by atoms with Gasteiger partial charge in [0, 0.05) is 23.6 Å². The molecule has 0 atom stereocenters. The number of thiazole rings is 1. The standard InChI is InChI=1S/C12H11Cl3N2O2S2/c1-7-11(20-12(15)16-7)21(18,19)17(2)6-8-3-4-9(13)5-10(8)14/h3-5H,6H2,1-2H3. The second kappa shape index (κ2) is 6.40. The molecule has 2 rings (SSSR count). The van der Waals surface area contributed by atoms with Crippen LogP contribution in [0.5, 0.6) is 0 Å². The van der Waals surface area contributed by atoms with Gasteiger partial charge in [-0.2, -0.15) is 4.31 Å². The van der Waals surface area contributed by atoms with Gasteiger partial charge in [0.15, 0.2) is 8.68 Å². The van der Waals surface area contributed by atoms with Gasteiger partial charge in [0.2, 0.25) is 0 Å². The third-order valence-corrected chi connectivity index (χ3v) is 7.02. The van der Waals surface area contributed by atoms with Crippen LogP contribution in [0.2, 0.25) is 14.5 Å². The highest BCUT2D eigenvalue weighted by molar-refractivity contribution is 7.91. The molecule has 4 nitrogen and oxygen atoms in total. The molecule has 0 aliphatic heterocycles. The van der Waals surface area contributed by atoms with Crippen LogP contribution in [0, 0.1) is 6.92 Å². The Morgan fingerprint density at radius 3 is 2.48 bits per heavy atom. The molecular formula is C12H11Cl3N2O2S2. The van der Waals surface area contributed by atoms with Crippen molar-refractivity contribution in [1.82, 2.24) is 9.29 Å². The maximum Gasteiger partial charge on any atom is 0.254 e. The Morgan fingerprint density at radius 1 is 1.29 bits per heavy atom. The molecule has 9 heteroatoms. The van der Waals surface area contributed by atoms with Crippen LogP contribution in [0.1, 0.15) is 11.3 Å². The minimum Gasteiger partial charge on any atom is -0.229 e. The molecular weight excluding hydrogens is 375 g/mol. The molecule has 21 heavy (non-hydrogen) atoms. The molecule has 0 amide bonds. The highest BCUT2D eigenvalue weighted by atomic mass is 35.5. The first-order valence-electron chi connectivity index (χ1n) is 5.75. The van der Waals surface area contributed by atoms with Gasteiger partial charge in [0.05, 0.1) is 5.69 Å². The number of benzene rings is 1. The van der Waals surface area contributed by atoms with Crippen molar-refractivity contribution in [3.05, 3.63) is 44.0 Å². The molecule has 114 valence electrons. The van der Waals surface area contributed by atoms with Gasteiger partial charge >= 0.3 is 0 Å². The Hall–Kier alpha value is -0.370. The lowest BCUT2D eigenvalue weighted by molar-refractivity contribution is 0.468. The summed E-state index contributed by atoms with van der Waals surface area (Å²) in [5.74, 6) is 0. The summed E-state index contributed by atoms with van der Waals surface area (Å²) in [6.45, 7) is 1.74. The molecule has 1 heterocycles. The zero-order valence-electron chi connectivity index (χ0n) is 11.1. The first-order chi connectivity index (χ1) is 9.71. The van der Waals surface area contributed by atoms with Gasteiger partial charge in [-0.25, -0.2) is 13.4 Å². The fourth-order valence-electron chi connectivity index (χ4n) is 1.71. The normalized spacial score (nSPS) is 12.1. The smallest absolute Gasteiger partial charge is 0.229 e. The van der Waals surface area contributed by atoms with Gasteiger partial charge in [0.25, 0.3) is 10.0 Å². The minimum absolute atomic E-state index is 0.132. The molecule has 1 aromatic heterocycles. The Bertz CT molecular complexity index is 775. The van der Waals surface area contributed by atoms with E-state index in [2.05, 4.69) is 4.98 Å². The summed E-state index contributed by atoms with van der Waals surface area (Å²) in [6.07, 6.45) is 0. The molecule has 0 saturated carbocycles. The monoisotopic (exact) mass is 384 g/mol. The number of halogens is 3. The SMILES string of the molecule is Cc1nc(Cl)sc1S(=O)(=O)N(C)Cc1ccc(Cl)cc1Cl. The summed E-state index contributed by atoms with van der Waals surface area (Å²) in [4.78, 5) is 3.93. The van der Waals surface area contributed by atoms with E-state index in [4.69, 9.17) is 34.8 Å². The van der Waals surface area contributed by atoms with Crippen molar-refractivity contribution in [3.8, 4) is 0 Å². The molecule has 0 aliphatic carbocycles. The molecule has 0 aliphatic rings. The van der Waals surface area contributed by atoms with Crippen LogP contribution in [-0.2, 0) is 16.6 Å². The van der Waals surface area contributed by atoms with E-state index in [1.165, 1.54) is 11.4 Å². The van der Waals surface area contributed by atoms with E-state index in [0.717, 1.165) is 11.3 Å². The molecule has 0 fully saturated rings. The summed E-state index contributed by atoms with van der Waals surface area (Å²) in [5.41, 5.74) is 1.06. The molecule has 0 spiro atoms. The fourth-order valence-corrected chi connectivity index (χ4v) is 5.25. The number of hydrogen-bond acceptors (Lipinski definition) is 4. The van der Waals surface area contributed by atoms with Crippen LogP contribution in [0.3, 0.4) is 0 Å². The highest BCUT2D eigenvalue weighted by Crippen LogP contribution is 2.30. The number of sulfonamides is 1. The number of nitrogens with zero attached hydrogens (tertiary/aromatic N) is 2. The topological polar surface area (TPSA) is 50.3 Å². The Labute approximate surface area is 142 Å². The Balaban J connectivity index is 2.31. The summed E-state index contributed by atoms with van der Waals surface area (Å²) in [5, 5.41) is 0.919. The average Bonchev–Trinajstić information content (AvgIpc) is 2.72. The Kier molecular flexibility index (Phi) is 5.18. The lowest BCUT2D eigenvalue weighted by Crippen LogP contribution is -2.26. The maximum atomic E-state index is 12.5. The first-order valence-corrected chi connectivity index (χ1v) is 9.14. The van der Waals surface area contributed by atoms with E-state index in [1.807, 2.05) is 0 Å². The number of aromatic nitrogens is 1. The number of aryl methyl sites for hydroxylation is 1. The van der Waals surface area contributed by atoms with E-state index in [0.29, 0.717) is 21.3 Å². The van der Waals surface area contributed by atoms with Gasteiger partial charge in [-0.05, 0) is 24.6 Å². The Morgan fingerprint density at radius 2 is 1.95 bits per heavy atom. The van der Waals surface area contributed by atoms with E-state index in [9.17, 15) is 8.42 Å². The average molecular weight is 386 g/mol. The van der Waals surface area contributed by atoms with Gasteiger partial charge < -0.3 is 0 Å². The summed E-state index contributed by atoms with van der Waals surface area (Å²) in [7, 11) is -2.18. The first kappa shape index (κ1) is 17.0. The lowest BCUT2D eigenvalue weighted by atomic mass is 10.2. The van der Waals surface area contributed by atoms with Crippen molar-refractivity contribution >= 4 is 56.2 Å². The van der Waals surface area contributed by atoms with E-state index in [1.54, 1.807) is 25.1 Å². The summed E-state index contributed by atoms with van der Waals surface area (Å²) in [6, 6.07) is 4.94. The molecule has 0 unspecified atom stereocenters. The number of hydrogen-bond donors (Lipinski definition) is 0. The minimum atomic E-state index is -3.66. The molecule has 2 aromatic rings. The predicted molar refractivity (Wildman–Crippen MR) is 87.0 cm³/mol. The van der Waals surface area contributed by atoms with Crippen molar-refractivity contribution < 1.29 is 8.42 Å². The molecule has 0 radical (unpaired) electrons. The van der Waals surface area contributed by atoms with Crippen LogP contribution in [0.15, 0.2) is 22.4 Å². The van der Waals surface area contributed by atoms with Crippen molar-refractivity contribution in [2.24, 2.45) is 0 Å². The zero-order valence-corrected chi connectivity index (χ0v) is 15.0. The molecule has 0 saturated heterocycles. The maximum absolute atomic E-state index is 12.5. The lowest BCUT2D eigenvalue weighted by Gasteiger charge is -2.17. The number of rotatable bonds is 4. The van der Waals surface area contributed by atoms with Gasteiger partial charge in [-0.15, -0.1) is 0 Å². The second-order valence-electron chi connectivity index (χ2n) is 4.34. The largest absolute Gasteiger partial charge is 0.254 e. The quantitative estimate of drug-likeness (QED) is 0.791. The predicted octanol–water partition coefficient (Wildman–Crippen LogP) is 4.23.